The standard InChI is InChI=1S/C31H34N4O7S/c1-5-42-29(37)26-24(32-30(38)34-27(26)19-8-13-25(41-4)20(15-19)16-39-2)17-43-31-33-23(28(36)35(31)21-9-10-21)14-18-6-11-22(40-3)12-7-18/h6-8,11-15,21,27H,5,9-10,16-17H2,1-4H3,(H2,32,34,38)/b23-14+. The molecule has 5 rings (SSSR count). The van der Waals surface area contributed by atoms with Crippen molar-refractivity contribution in [1.82, 2.24) is 15.5 Å². The summed E-state index contributed by atoms with van der Waals surface area (Å²) in [6, 6.07) is 11.6. The number of thioether (sulfide) groups is 1. The van der Waals surface area contributed by atoms with Gasteiger partial charge >= 0.3 is 12.0 Å². The molecule has 0 spiro atoms. The Morgan fingerprint density at radius 2 is 1.86 bits per heavy atom. The number of amidine groups is 1. The first kappa shape index (κ1) is 30.2. The molecule has 226 valence electrons. The number of aliphatic imine (C=N–C) groups is 1. The number of nitrogens with zero attached hydrogens (tertiary/aromatic N) is 2. The van der Waals surface area contributed by atoms with Gasteiger partial charge in [-0.1, -0.05) is 30.0 Å². The second-order valence-corrected chi connectivity index (χ2v) is 11.0. The van der Waals surface area contributed by atoms with Crippen molar-refractivity contribution in [3.63, 3.8) is 0 Å². The van der Waals surface area contributed by atoms with Crippen LogP contribution in [-0.4, -0.2) is 67.7 Å². The third-order valence-electron chi connectivity index (χ3n) is 7.12. The summed E-state index contributed by atoms with van der Waals surface area (Å²) in [7, 11) is 4.75. The fourth-order valence-electron chi connectivity index (χ4n) is 4.94. The Balaban J connectivity index is 1.47. The minimum Gasteiger partial charge on any atom is -0.497 e. The van der Waals surface area contributed by atoms with Crippen LogP contribution in [-0.2, 0) is 25.7 Å². The Hall–Kier alpha value is -4.29. The van der Waals surface area contributed by atoms with Crippen molar-refractivity contribution < 1.29 is 33.3 Å². The van der Waals surface area contributed by atoms with Crippen molar-refractivity contribution in [2.75, 3.05) is 33.7 Å². The van der Waals surface area contributed by atoms with Gasteiger partial charge in [-0.2, -0.15) is 0 Å². The molecule has 0 bridgehead atoms. The average Bonchev–Trinajstić information content (AvgIpc) is 3.80. The van der Waals surface area contributed by atoms with E-state index in [1.165, 1.54) is 11.8 Å². The number of urea groups is 1. The molecule has 3 aliphatic rings. The van der Waals surface area contributed by atoms with Crippen LogP contribution in [0.5, 0.6) is 11.5 Å². The summed E-state index contributed by atoms with van der Waals surface area (Å²) < 4.78 is 21.4. The van der Waals surface area contributed by atoms with E-state index in [0.717, 1.165) is 29.7 Å². The van der Waals surface area contributed by atoms with Crippen LogP contribution in [0, 0.1) is 0 Å². The van der Waals surface area contributed by atoms with Gasteiger partial charge in [0.25, 0.3) is 5.91 Å². The molecule has 12 heteroatoms. The van der Waals surface area contributed by atoms with Crippen molar-refractivity contribution in [2.45, 2.75) is 38.5 Å². The van der Waals surface area contributed by atoms with Gasteiger partial charge in [0.2, 0.25) is 0 Å². The Kier molecular flexibility index (Phi) is 9.37. The summed E-state index contributed by atoms with van der Waals surface area (Å²) in [6.45, 7) is 2.18. The van der Waals surface area contributed by atoms with Crippen LogP contribution in [0.1, 0.15) is 42.5 Å². The van der Waals surface area contributed by atoms with Crippen molar-refractivity contribution in [1.29, 1.82) is 0 Å². The zero-order chi connectivity index (χ0) is 30.5. The average molecular weight is 607 g/mol. The van der Waals surface area contributed by atoms with E-state index >= 15 is 0 Å². The summed E-state index contributed by atoms with van der Waals surface area (Å²) in [6.07, 6.45) is 3.53. The summed E-state index contributed by atoms with van der Waals surface area (Å²) in [5.41, 5.74) is 3.26. The zero-order valence-electron chi connectivity index (χ0n) is 24.5. The molecule has 1 aliphatic carbocycles. The number of carbonyl (C=O) groups excluding carboxylic acids is 3. The van der Waals surface area contributed by atoms with Gasteiger partial charge < -0.3 is 29.6 Å². The topological polar surface area (TPSA) is 128 Å². The SMILES string of the molecule is CCOC(=O)C1=C(CSC2=N/C(=C/c3ccc(OC)cc3)C(=O)N2C2CC2)NC(=O)NC1c1ccc(OC)c(COC)c1. The van der Waals surface area contributed by atoms with Gasteiger partial charge in [-0.15, -0.1) is 0 Å². The van der Waals surface area contributed by atoms with Crippen LogP contribution >= 0.6 is 11.8 Å². The lowest BCUT2D eigenvalue weighted by Gasteiger charge is -2.30. The molecular formula is C31H34N4O7S. The highest BCUT2D eigenvalue weighted by molar-refractivity contribution is 8.14. The molecule has 0 radical (unpaired) electrons. The first-order valence-corrected chi connectivity index (χ1v) is 14.9. The molecule has 11 nitrogen and oxygen atoms in total. The molecule has 2 aromatic carbocycles. The van der Waals surface area contributed by atoms with E-state index in [1.807, 2.05) is 30.3 Å². The number of hydrogen-bond acceptors (Lipinski definition) is 9. The van der Waals surface area contributed by atoms with Gasteiger partial charge in [-0.3, -0.25) is 9.69 Å². The number of nitrogens with one attached hydrogen (secondary N) is 2. The van der Waals surface area contributed by atoms with Crippen molar-refractivity contribution in [3.8, 4) is 11.5 Å². The number of rotatable bonds is 11. The van der Waals surface area contributed by atoms with Gasteiger partial charge in [-0.05, 0) is 61.2 Å². The Morgan fingerprint density at radius 3 is 2.51 bits per heavy atom. The molecule has 1 fully saturated rings. The van der Waals surface area contributed by atoms with Gasteiger partial charge in [0.15, 0.2) is 5.17 Å². The first-order chi connectivity index (χ1) is 20.9. The maximum Gasteiger partial charge on any atom is 0.338 e. The van der Waals surface area contributed by atoms with E-state index in [-0.39, 0.29) is 36.5 Å². The predicted molar refractivity (Wildman–Crippen MR) is 163 cm³/mol. The van der Waals surface area contributed by atoms with Gasteiger partial charge in [0.05, 0.1) is 39.0 Å². The normalized spacial score (nSPS) is 19.3. The smallest absolute Gasteiger partial charge is 0.338 e. The van der Waals surface area contributed by atoms with Crippen LogP contribution < -0.4 is 20.1 Å². The highest BCUT2D eigenvalue weighted by atomic mass is 32.2. The van der Waals surface area contributed by atoms with Crippen molar-refractivity contribution in [2.24, 2.45) is 4.99 Å². The molecular weight excluding hydrogens is 572 g/mol. The van der Waals surface area contributed by atoms with Crippen molar-refractivity contribution >= 4 is 40.9 Å². The third-order valence-corrected chi connectivity index (χ3v) is 8.10. The number of amides is 3. The number of hydrogen-bond donors (Lipinski definition) is 2. The van der Waals surface area contributed by atoms with E-state index in [0.29, 0.717) is 27.9 Å². The lowest BCUT2D eigenvalue weighted by Crippen LogP contribution is -2.46. The molecule has 1 unspecified atom stereocenters. The second kappa shape index (κ2) is 13.3. The highest BCUT2D eigenvalue weighted by Gasteiger charge is 2.42. The van der Waals surface area contributed by atoms with Gasteiger partial charge in [0.1, 0.15) is 17.2 Å². The lowest BCUT2D eigenvalue weighted by molar-refractivity contribution is -0.139. The molecule has 0 saturated heterocycles. The van der Waals surface area contributed by atoms with E-state index < -0.39 is 18.0 Å². The van der Waals surface area contributed by atoms with E-state index in [9.17, 15) is 14.4 Å². The van der Waals surface area contributed by atoms with Crippen LogP contribution in [0.25, 0.3) is 6.08 Å². The monoisotopic (exact) mass is 606 g/mol. The largest absolute Gasteiger partial charge is 0.497 e. The summed E-state index contributed by atoms with van der Waals surface area (Å²) in [5.74, 6) is 0.812. The minimum atomic E-state index is -0.776. The lowest BCUT2D eigenvalue weighted by atomic mass is 9.94. The molecule has 2 heterocycles. The summed E-state index contributed by atoms with van der Waals surface area (Å²) >= 11 is 1.29. The Labute approximate surface area is 254 Å². The Morgan fingerprint density at radius 1 is 1.09 bits per heavy atom. The quantitative estimate of drug-likeness (QED) is 0.289. The minimum absolute atomic E-state index is 0.0768. The summed E-state index contributed by atoms with van der Waals surface area (Å²) in [5, 5.41) is 6.19. The Bertz CT molecular complexity index is 1500. The number of benzene rings is 2. The van der Waals surface area contributed by atoms with Crippen molar-refractivity contribution in [3.05, 3.63) is 76.1 Å². The number of esters is 1. The maximum absolute atomic E-state index is 13.4. The van der Waals surface area contributed by atoms with E-state index in [4.69, 9.17) is 18.9 Å². The number of ether oxygens (including phenoxy) is 4. The second-order valence-electron chi connectivity index (χ2n) is 10.0. The first-order valence-electron chi connectivity index (χ1n) is 13.9. The van der Waals surface area contributed by atoms with Gasteiger partial charge in [0, 0.05) is 30.2 Å². The molecule has 2 aliphatic heterocycles. The van der Waals surface area contributed by atoms with E-state index in [2.05, 4.69) is 15.6 Å². The molecule has 0 aromatic heterocycles. The number of methoxy groups -OCH3 is 3. The highest BCUT2D eigenvalue weighted by Crippen LogP contribution is 2.37. The molecule has 1 atom stereocenters. The summed E-state index contributed by atoms with van der Waals surface area (Å²) in [4.78, 5) is 46.0. The molecule has 3 amide bonds. The zero-order valence-corrected chi connectivity index (χ0v) is 25.3. The number of carbonyl (C=O) groups is 3. The molecule has 1 saturated carbocycles. The maximum atomic E-state index is 13.4. The van der Waals surface area contributed by atoms with E-state index in [1.54, 1.807) is 51.4 Å². The molecule has 2 aromatic rings. The van der Waals surface area contributed by atoms with Crippen LogP contribution in [0.3, 0.4) is 0 Å². The fourth-order valence-corrected chi connectivity index (χ4v) is 5.97. The van der Waals surface area contributed by atoms with Gasteiger partial charge in [-0.25, -0.2) is 14.6 Å². The molecule has 2 N–H and O–H groups in total. The predicted octanol–water partition coefficient (Wildman–Crippen LogP) is 4.16. The fraction of sp³-hybridized carbons (Fsp3) is 0.355. The van der Waals surface area contributed by atoms with Crippen LogP contribution in [0.4, 0.5) is 4.79 Å². The van der Waals surface area contributed by atoms with Crippen LogP contribution in [0.2, 0.25) is 0 Å². The third kappa shape index (κ3) is 6.70. The van der Waals surface area contributed by atoms with Crippen LogP contribution in [0.15, 0.2) is 64.4 Å². The molecule has 43 heavy (non-hydrogen) atoms.